The molecule has 0 aliphatic rings. The number of nitrogens with zero attached hydrogens (tertiary/aromatic N) is 1. The Bertz CT molecular complexity index is 766. The fourth-order valence-electron chi connectivity index (χ4n) is 1.92. The molecule has 0 aliphatic heterocycles. The minimum Gasteiger partial charge on any atom is -0.478 e. The summed E-state index contributed by atoms with van der Waals surface area (Å²) in [5, 5.41) is 11.0. The van der Waals surface area contributed by atoms with Crippen molar-refractivity contribution in [3.8, 4) is 11.6 Å². The van der Waals surface area contributed by atoms with Crippen molar-refractivity contribution in [3.05, 3.63) is 66.4 Å². The van der Waals surface area contributed by atoms with E-state index in [-0.39, 0.29) is 5.56 Å². The number of carbonyl (C=O) groups is 1. The van der Waals surface area contributed by atoms with Crippen LogP contribution < -0.4 is 4.74 Å². The van der Waals surface area contributed by atoms with Crippen molar-refractivity contribution in [2.24, 2.45) is 0 Å². The quantitative estimate of drug-likeness (QED) is 0.784. The van der Waals surface area contributed by atoms with Gasteiger partial charge in [0.05, 0.1) is 5.56 Å². The van der Waals surface area contributed by atoms with Gasteiger partial charge in [0.1, 0.15) is 5.75 Å². The molecule has 0 atom stereocenters. The number of carboxylic acids is 1. The Morgan fingerprint density at radius 1 is 1.00 bits per heavy atom. The topological polar surface area (TPSA) is 59.4 Å². The standard InChI is InChI=1S/C16H11NO3/c18-16(19)13-6-8-15(17-10-13)20-14-7-5-11-3-1-2-4-12(11)9-14/h1-10H,(H,18,19). The smallest absolute Gasteiger partial charge is 0.337 e. The molecular weight excluding hydrogens is 254 g/mol. The van der Waals surface area contributed by atoms with Crippen LogP contribution in [0.4, 0.5) is 0 Å². The van der Waals surface area contributed by atoms with Gasteiger partial charge in [-0.05, 0) is 29.0 Å². The average Bonchev–Trinajstić information content (AvgIpc) is 2.48. The minimum absolute atomic E-state index is 0.135. The van der Waals surface area contributed by atoms with Gasteiger partial charge in [-0.25, -0.2) is 9.78 Å². The number of carboxylic acid groups (broad SMARTS) is 1. The van der Waals surface area contributed by atoms with Gasteiger partial charge in [0, 0.05) is 12.3 Å². The van der Waals surface area contributed by atoms with Gasteiger partial charge in [0.15, 0.2) is 0 Å². The summed E-state index contributed by atoms with van der Waals surface area (Å²) in [6.07, 6.45) is 1.28. The van der Waals surface area contributed by atoms with E-state index in [1.807, 2.05) is 42.5 Å². The van der Waals surface area contributed by atoms with Crippen molar-refractivity contribution in [2.75, 3.05) is 0 Å². The maximum atomic E-state index is 10.7. The summed E-state index contributed by atoms with van der Waals surface area (Å²) in [6, 6.07) is 16.7. The highest BCUT2D eigenvalue weighted by atomic mass is 16.5. The van der Waals surface area contributed by atoms with E-state index in [9.17, 15) is 4.79 Å². The molecule has 0 aliphatic carbocycles. The molecule has 0 unspecified atom stereocenters. The number of ether oxygens (including phenoxy) is 1. The van der Waals surface area contributed by atoms with E-state index in [0.717, 1.165) is 10.8 Å². The van der Waals surface area contributed by atoms with Gasteiger partial charge in [-0.15, -0.1) is 0 Å². The second kappa shape index (κ2) is 5.01. The van der Waals surface area contributed by atoms with E-state index in [2.05, 4.69) is 4.98 Å². The highest BCUT2D eigenvalue weighted by molar-refractivity contribution is 5.87. The van der Waals surface area contributed by atoms with Crippen molar-refractivity contribution in [1.82, 2.24) is 4.98 Å². The van der Waals surface area contributed by atoms with Crippen LogP contribution >= 0.6 is 0 Å². The average molecular weight is 265 g/mol. The molecule has 1 N–H and O–H groups in total. The van der Waals surface area contributed by atoms with Crippen LogP contribution in [0.3, 0.4) is 0 Å². The van der Waals surface area contributed by atoms with Gasteiger partial charge in [-0.2, -0.15) is 0 Å². The summed E-state index contributed by atoms with van der Waals surface area (Å²) in [5.41, 5.74) is 0.135. The van der Waals surface area contributed by atoms with E-state index in [0.29, 0.717) is 11.6 Å². The zero-order valence-corrected chi connectivity index (χ0v) is 10.5. The highest BCUT2D eigenvalue weighted by Crippen LogP contribution is 2.24. The SMILES string of the molecule is O=C(O)c1ccc(Oc2ccc3ccccc3c2)nc1. The van der Waals surface area contributed by atoms with Crippen LogP contribution in [0.2, 0.25) is 0 Å². The molecule has 0 spiro atoms. The maximum Gasteiger partial charge on any atom is 0.337 e. The van der Waals surface area contributed by atoms with Crippen LogP contribution in [0.15, 0.2) is 60.8 Å². The van der Waals surface area contributed by atoms with Gasteiger partial charge in [-0.3, -0.25) is 0 Å². The Hall–Kier alpha value is -2.88. The van der Waals surface area contributed by atoms with E-state index in [1.165, 1.54) is 12.3 Å². The first-order valence-electron chi connectivity index (χ1n) is 6.08. The van der Waals surface area contributed by atoms with E-state index >= 15 is 0 Å². The molecule has 98 valence electrons. The largest absolute Gasteiger partial charge is 0.478 e. The van der Waals surface area contributed by atoms with Crippen LogP contribution in [0, 0.1) is 0 Å². The lowest BCUT2D eigenvalue weighted by molar-refractivity contribution is 0.0696. The Balaban J connectivity index is 1.87. The number of hydrogen-bond acceptors (Lipinski definition) is 3. The van der Waals surface area contributed by atoms with E-state index in [4.69, 9.17) is 9.84 Å². The molecule has 0 fully saturated rings. The maximum absolute atomic E-state index is 10.7. The fourth-order valence-corrected chi connectivity index (χ4v) is 1.92. The lowest BCUT2D eigenvalue weighted by Gasteiger charge is -2.06. The minimum atomic E-state index is -1.00. The van der Waals surface area contributed by atoms with Gasteiger partial charge in [0.2, 0.25) is 5.88 Å². The second-order valence-electron chi connectivity index (χ2n) is 4.30. The zero-order valence-electron chi connectivity index (χ0n) is 10.5. The molecule has 0 saturated carbocycles. The highest BCUT2D eigenvalue weighted by Gasteiger charge is 2.04. The second-order valence-corrected chi connectivity index (χ2v) is 4.30. The molecule has 3 rings (SSSR count). The zero-order chi connectivity index (χ0) is 13.9. The lowest BCUT2D eigenvalue weighted by Crippen LogP contribution is -1.97. The van der Waals surface area contributed by atoms with E-state index < -0.39 is 5.97 Å². The molecule has 0 bridgehead atoms. The summed E-state index contributed by atoms with van der Waals surface area (Å²) in [4.78, 5) is 14.7. The first-order chi connectivity index (χ1) is 9.72. The van der Waals surface area contributed by atoms with Crippen LogP contribution in [-0.2, 0) is 0 Å². The molecular formula is C16H11NO3. The molecule has 1 aromatic heterocycles. The number of aromatic carboxylic acids is 1. The molecule has 4 nitrogen and oxygen atoms in total. The third-order valence-electron chi connectivity index (χ3n) is 2.93. The van der Waals surface area contributed by atoms with Gasteiger partial charge in [-0.1, -0.05) is 30.3 Å². The lowest BCUT2D eigenvalue weighted by atomic mass is 10.1. The van der Waals surface area contributed by atoms with Crippen LogP contribution in [-0.4, -0.2) is 16.1 Å². The van der Waals surface area contributed by atoms with Gasteiger partial charge >= 0.3 is 5.97 Å². The fraction of sp³-hybridized carbons (Fsp3) is 0. The number of aromatic nitrogens is 1. The van der Waals surface area contributed by atoms with Crippen LogP contribution in [0.25, 0.3) is 10.8 Å². The van der Waals surface area contributed by atoms with Crippen LogP contribution in [0.1, 0.15) is 10.4 Å². The molecule has 0 amide bonds. The number of pyridine rings is 1. The first-order valence-corrected chi connectivity index (χ1v) is 6.08. The van der Waals surface area contributed by atoms with Gasteiger partial charge in [0.25, 0.3) is 0 Å². The Morgan fingerprint density at radius 2 is 1.80 bits per heavy atom. The van der Waals surface area contributed by atoms with E-state index in [1.54, 1.807) is 6.07 Å². The summed E-state index contributed by atoms with van der Waals surface area (Å²) < 4.78 is 5.62. The molecule has 3 aromatic rings. The predicted octanol–water partition coefficient (Wildman–Crippen LogP) is 3.73. The van der Waals surface area contributed by atoms with Crippen LogP contribution in [0.5, 0.6) is 11.6 Å². The number of benzene rings is 2. The Labute approximate surface area is 115 Å². The number of rotatable bonds is 3. The summed E-state index contributed by atoms with van der Waals surface area (Å²) in [6.45, 7) is 0. The summed E-state index contributed by atoms with van der Waals surface area (Å²) in [5.74, 6) is 0.0271. The molecule has 4 heteroatoms. The monoisotopic (exact) mass is 265 g/mol. The Morgan fingerprint density at radius 3 is 2.50 bits per heavy atom. The van der Waals surface area contributed by atoms with Crippen molar-refractivity contribution < 1.29 is 14.6 Å². The van der Waals surface area contributed by atoms with Crippen molar-refractivity contribution in [2.45, 2.75) is 0 Å². The van der Waals surface area contributed by atoms with Crippen molar-refractivity contribution in [1.29, 1.82) is 0 Å². The summed E-state index contributed by atoms with van der Waals surface area (Å²) in [7, 11) is 0. The predicted molar refractivity (Wildman–Crippen MR) is 75.2 cm³/mol. The number of hydrogen-bond donors (Lipinski definition) is 1. The number of fused-ring (bicyclic) bond motifs is 1. The summed E-state index contributed by atoms with van der Waals surface area (Å²) >= 11 is 0. The first kappa shape index (κ1) is 12.2. The van der Waals surface area contributed by atoms with Crippen molar-refractivity contribution >= 4 is 16.7 Å². The molecule has 0 radical (unpaired) electrons. The van der Waals surface area contributed by atoms with Crippen molar-refractivity contribution in [3.63, 3.8) is 0 Å². The molecule has 2 aromatic carbocycles. The molecule has 0 saturated heterocycles. The molecule has 1 heterocycles. The van der Waals surface area contributed by atoms with Gasteiger partial charge < -0.3 is 9.84 Å². The third-order valence-corrected chi connectivity index (χ3v) is 2.93. The normalized spacial score (nSPS) is 10.4. The Kier molecular flexibility index (Phi) is 3.05. The third kappa shape index (κ3) is 2.44. The molecule has 20 heavy (non-hydrogen) atoms.